The third kappa shape index (κ3) is 6.04. The summed E-state index contributed by atoms with van der Waals surface area (Å²) in [5, 5.41) is 10.2. The molecule has 2 aromatic heterocycles. The SMILES string of the molecule is CN(C)c1ccc(C(=O)NN(CC(C)(C)C)c2cc(C(F)(F)F)nc(C#N)n2)cn1. The average Bonchev–Trinajstić information content (AvgIpc) is 2.65. The summed E-state index contributed by atoms with van der Waals surface area (Å²) in [6.07, 6.45) is -3.41. The van der Waals surface area contributed by atoms with Crippen molar-refractivity contribution in [3.63, 3.8) is 0 Å². The first-order chi connectivity index (χ1) is 13.8. The van der Waals surface area contributed by atoms with Crippen molar-refractivity contribution in [1.82, 2.24) is 20.4 Å². The van der Waals surface area contributed by atoms with Gasteiger partial charge in [-0.1, -0.05) is 20.8 Å². The highest BCUT2D eigenvalue weighted by atomic mass is 19.4. The number of nitrogens with zero attached hydrogens (tertiary/aromatic N) is 6. The summed E-state index contributed by atoms with van der Waals surface area (Å²) < 4.78 is 39.6. The molecule has 0 saturated heterocycles. The molecule has 0 aliphatic carbocycles. The number of anilines is 2. The van der Waals surface area contributed by atoms with E-state index in [-0.39, 0.29) is 17.9 Å². The Labute approximate surface area is 172 Å². The summed E-state index contributed by atoms with van der Waals surface area (Å²) in [6.45, 7) is 5.66. The molecule has 8 nitrogen and oxygen atoms in total. The van der Waals surface area contributed by atoms with Crippen LogP contribution in [-0.2, 0) is 6.18 Å². The Morgan fingerprint density at radius 2 is 1.83 bits per heavy atom. The number of halogens is 3. The predicted molar refractivity (Wildman–Crippen MR) is 105 cm³/mol. The lowest BCUT2D eigenvalue weighted by atomic mass is 9.96. The fourth-order valence-corrected chi connectivity index (χ4v) is 2.39. The van der Waals surface area contributed by atoms with E-state index in [0.717, 1.165) is 0 Å². The van der Waals surface area contributed by atoms with Crippen molar-refractivity contribution in [2.24, 2.45) is 5.41 Å². The normalized spacial score (nSPS) is 11.6. The van der Waals surface area contributed by atoms with E-state index in [1.54, 1.807) is 31.1 Å². The van der Waals surface area contributed by atoms with Crippen molar-refractivity contribution < 1.29 is 18.0 Å². The molecule has 0 unspecified atom stereocenters. The van der Waals surface area contributed by atoms with Gasteiger partial charge in [-0.05, 0) is 17.5 Å². The summed E-state index contributed by atoms with van der Waals surface area (Å²) in [5.41, 5.74) is 1.08. The van der Waals surface area contributed by atoms with Crippen LogP contribution in [0.4, 0.5) is 24.8 Å². The maximum atomic E-state index is 13.2. The third-order valence-corrected chi connectivity index (χ3v) is 3.72. The zero-order valence-electron chi connectivity index (χ0n) is 17.2. The molecule has 0 fully saturated rings. The van der Waals surface area contributed by atoms with Crippen LogP contribution in [-0.4, -0.2) is 41.5 Å². The number of carbonyl (C=O) groups excluding carboxylic acids is 1. The second kappa shape index (κ2) is 8.52. The van der Waals surface area contributed by atoms with Gasteiger partial charge >= 0.3 is 6.18 Å². The van der Waals surface area contributed by atoms with Crippen molar-refractivity contribution >= 4 is 17.5 Å². The topological polar surface area (TPSA) is 98.0 Å². The number of carbonyl (C=O) groups is 1. The van der Waals surface area contributed by atoms with Crippen LogP contribution >= 0.6 is 0 Å². The Morgan fingerprint density at radius 1 is 1.17 bits per heavy atom. The van der Waals surface area contributed by atoms with Gasteiger partial charge in [-0.2, -0.15) is 23.4 Å². The first-order valence-electron chi connectivity index (χ1n) is 8.88. The van der Waals surface area contributed by atoms with Crippen LogP contribution in [0.3, 0.4) is 0 Å². The maximum Gasteiger partial charge on any atom is 0.433 e. The van der Waals surface area contributed by atoms with Crippen LogP contribution in [0.2, 0.25) is 0 Å². The molecule has 0 atom stereocenters. The Bertz CT molecular complexity index is 945. The second-order valence-electron chi connectivity index (χ2n) is 7.93. The number of hydrazine groups is 1. The van der Waals surface area contributed by atoms with Gasteiger partial charge in [-0.25, -0.2) is 9.97 Å². The highest BCUT2D eigenvalue weighted by Crippen LogP contribution is 2.30. The Morgan fingerprint density at radius 3 is 2.30 bits per heavy atom. The largest absolute Gasteiger partial charge is 0.433 e. The highest BCUT2D eigenvalue weighted by Gasteiger charge is 2.35. The molecule has 2 aromatic rings. The van der Waals surface area contributed by atoms with E-state index in [2.05, 4.69) is 20.4 Å². The van der Waals surface area contributed by atoms with Crippen molar-refractivity contribution in [1.29, 1.82) is 5.26 Å². The van der Waals surface area contributed by atoms with Gasteiger partial charge in [0.05, 0.1) is 5.56 Å². The smallest absolute Gasteiger partial charge is 0.363 e. The lowest BCUT2D eigenvalue weighted by molar-refractivity contribution is -0.141. The number of hydrogen-bond donors (Lipinski definition) is 1. The maximum absolute atomic E-state index is 13.2. The summed E-state index contributed by atoms with van der Waals surface area (Å²) >= 11 is 0. The van der Waals surface area contributed by atoms with Gasteiger partial charge < -0.3 is 4.90 Å². The van der Waals surface area contributed by atoms with Crippen LogP contribution < -0.4 is 15.3 Å². The van der Waals surface area contributed by atoms with Crippen LogP contribution in [0.5, 0.6) is 0 Å². The molecule has 0 bridgehead atoms. The predicted octanol–water partition coefficient (Wildman–Crippen LogP) is 3.03. The summed E-state index contributed by atoms with van der Waals surface area (Å²) in [5.74, 6) is -0.829. The van der Waals surface area contributed by atoms with Crippen LogP contribution in [0.25, 0.3) is 0 Å². The summed E-state index contributed by atoms with van der Waals surface area (Å²) in [7, 11) is 3.60. The molecular weight excluding hydrogens is 399 g/mol. The monoisotopic (exact) mass is 421 g/mol. The standard InChI is InChI=1S/C19H22F3N7O/c1-18(2,3)11-29(16-8-13(19(20,21)22)25-14(9-23)26-16)27-17(30)12-6-7-15(24-10-12)28(4)5/h6-8,10H,11H2,1-5H3,(H,27,30). The van der Waals surface area contributed by atoms with Gasteiger partial charge in [-0.3, -0.25) is 15.2 Å². The number of alkyl halides is 3. The fraction of sp³-hybridized carbons (Fsp3) is 0.421. The molecule has 2 rings (SSSR count). The minimum atomic E-state index is -4.77. The van der Waals surface area contributed by atoms with E-state index in [4.69, 9.17) is 5.26 Å². The lowest BCUT2D eigenvalue weighted by Gasteiger charge is -2.31. The van der Waals surface area contributed by atoms with Gasteiger partial charge in [-0.15, -0.1) is 0 Å². The number of nitrogens with one attached hydrogen (secondary N) is 1. The molecule has 0 aliphatic heterocycles. The molecule has 1 amide bonds. The van der Waals surface area contributed by atoms with Crippen molar-refractivity contribution in [3.05, 3.63) is 41.5 Å². The van der Waals surface area contributed by atoms with Gasteiger partial charge in [0.1, 0.15) is 11.9 Å². The lowest BCUT2D eigenvalue weighted by Crippen LogP contribution is -2.47. The molecule has 0 aromatic carbocycles. The zero-order chi connectivity index (χ0) is 22.7. The van der Waals surface area contributed by atoms with Crippen LogP contribution in [0.15, 0.2) is 24.4 Å². The Hall–Kier alpha value is -3.42. The quantitative estimate of drug-likeness (QED) is 0.741. The van der Waals surface area contributed by atoms with Crippen LogP contribution in [0, 0.1) is 16.7 Å². The molecule has 0 aliphatic rings. The number of hydrogen-bond acceptors (Lipinski definition) is 7. The van der Waals surface area contributed by atoms with E-state index in [1.807, 2.05) is 20.8 Å². The highest BCUT2D eigenvalue weighted by molar-refractivity contribution is 5.94. The first kappa shape index (κ1) is 22.9. The fourth-order valence-electron chi connectivity index (χ4n) is 2.39. The summed E-state index contributed by atoms with van der Waals surface area (Å²) in [6, 6.07) is 5.41. The van der Waals surface area contributed by atoms with Gasteiger partial charge in [0.25, 0.3) is 5.91 Å². The molecule has 11 heteroatoms. The molecule has 30 heavy (non-hydrogen) atoms. The Balaban J connectivity index is 2.41. The van der Waals surface area contributed by atoms with E-state index >= 15 is 0 Å². The first-order valence-corrected chi connectivity index (χ1v) is 8.88. The van der Waals surface area contributed by atoms with Crippen LogP contribution in [0.1, 0.15) is 42.6 Å². The van der Waals surface area contributed by atoms with Crippen molar-refractivity contribution in [3.8, 4) is 6.07 Å². The third-order valence-electron chi connectivity index (χ3n) is 3.72. The molecule has 2 heterocycles. The van der Waals surface area contributed by atoms with E-state index in [0.29, 0.717) is 11.9 Å². The van der Waals surface area contributed by atoms with Gasteiger partial charge in [0, 0.05) is 32.9 Å². The number of amides is 1. The minimum absolute atomic E-state index is 0.126. The molecule has 160 valence electrons. The summed E-state index contributed by atoms with van der Waals surface area (Å²) in [4.78, 5) is 25.7. The molecule has 0 spiro atoms. The van der Waals surface area contributed by atoms with Crippen molar-refractivity contribution in [2.45, 2.75) is 26.9 Å². The average molecular weight is 421 g/mol. The number of aromatic nitrogens is 3. The van der Waals surface area contributed by atoms with Gasteiger partial charge in [0.2, 0.25) is 5.82 Å². The van der Waals surface area contributed by atoms with Crippen molar-refractivity contribution in [2.75, 3.05) is 30.5 Å². The van der Waals surface area contributed by atoms with Gasteiger partial charge in [0.15, 0.2) is 11.5 Å². The van der Waals surface area contributed by atoms with E-state index < -0.39 is 29.0 Å². The number of pyridine rings is 1. The number of rotatable bonds is 5. The molecule has 1 N–H and O–H groups in total. The number of nitriles is 1. The van der Waals surface area contributed by atoms with E-state index in [9.17, 15) is 18.0 Å². The zero-order valence-corrected chi connectivity index (χ0v) is 17.2. The second-order valence-corrected chi connectivity index (χ2v) is 7.93. The molecule has 0 radical (unpaired) electrons. The Kier molecular flexibility index (Phi) is 6.50. The molecular formula is C19H22F3N7O. The van der Waals surface area contributed by atoms with E-state index in [1.165, 1.54) is 17.3 Å². The minimum Gasteiger partial charge on any atom is -0.363 e. The molecule has 0 saturated carbocycles.